The molecule has 4 aromatic rings. The summed E-state index contributed by atoms with van der Waals surface area (Å²) >= 11 is 0. The van der Waals surface area contributed by atoms with Gasteiger partial charge in [-0.15, -0.1) is 0 Å². The van der Waals surface area contributed by atoms with Gasteiger partial charge >= 0.3 is 0 Å². The Morgan fingerprint density at radius 2 is 1.40 bits per heavy atom. The molecule has 0 saturated heterocycles. The zero-order chi connectivity index (χ0) is 30.3. The maximum absolute atomic E-state index is 14.3. The number of rotatable bonds is 11. The highest BCUT2D eigenvalue weighted by molar-refractivity contribution is 7.92. The zero-order valence-electron chi connectivity index (χ0n) is 24.4. The van der Waals surface area contributed by atoms with Crippen molar-refractivity contribution >= 4 is 27.5 Å². The van der Waals surface area contributed by atoms with Crippen LogP contribution in [0.15, 0.2) is 108 Å². The Hall–Kier alpha value is -4.43. The highest BCUT2D eigenvalue weighted by Crippen LogP contribution is 2.27. The molecule has 1 N–H and O–H groups in total. The van der Waals surface area contributed by atoms with Crippen molar-refractivity contribution in [1.82, 2.24) is 10.2 Å². The molecule has 4 rings (SSSR count). The molecule has 0 unspecified atom stereocenters. The number of likely N-dealkylation sites (N-methyl/N-ethyl adjacent to an activating group) is 1. The monoisotopic (exact) mass is 583 g/mol. The molecule has 2 amide bonds. The van der Waals surface area contributed by atoms with Gasteiger partial charge in [0.2, 0.25) is 11.8 Å². The smallest absolute Gasteiger partial charge is 0.264 e. The van der Waals surface area contributed by atoms with Crippen LogP contribution in [0.1, 0.15) is 27.8 Å². The second-order valence-corrected chi connectivity index (χ2v) is 12.3. The van der Waals surface area contributed by atoms with E-state index >= 15 is 0 Å². The molecule has 218 valence electrons. The molecule has 0 radical (unpaired) electrons. The van der Waals surface area contributed by atoms with Crippen LogP contribution in [0.5, 0.6) is 0 Å². The number of nitrogens with one attached hydrogen (secondary N) is 1. The van der Waals surface area contributed by atoms with E-state index in [-0.39, 0.29) is 23.8 Å². The average Bonchev–Trinajstić information content (AvgIpc) is 2.99. The van der Waals surface area contributed by atoms with Crippen LogP contribution in [0.3, 0.4) is 0 Å². The Labute approximate surface area is 248 Å². The Balaban J connectivity index is 1.80. The maximum Gasteiger partial charge on any atom is 0.264 e. The molecule has 0 aliphatic carbocycles. The standard InChI is InChI=1S/C34H37N3O4S/c1-25-12-11-15-29(20-25)23-36(32(34(39)35-4)22-28-13-7-5-8-14-28)33(38)24-37(30-19-18-26(2)27(3)21-30)42(40,41)31-16-9-6-10-17-31/h5-21,32H,22-24H2,1-4H3,(H,35,39)/t32-/m0/s1. The molecular weight excluding hydrogens is 546 g/mol. The molecule has 0 aliphatic rings. The summed E-state index contributed by atoms with van der Waals surface area (Å²) < 4.78 is 29.2. The lowest BCUT2D eigenvalue weighted by molar-refractivity contribution is -0.139. The fraction of sp³-hybridized carbons (Fsp3) is 0.235. The zero-order valence-corrected chi connectivity index (χ0v) is 25.3. The third kappa shape index (κ3) is 7.25. The summed E-state index contributed by atoms with van der Waals surface area (Å²) in [6.07, 6.45) is 0.271. The Morgan fingerprint density at radius 1 is 0.762 bits per heavy atom. The molecule has 8 heteroatoms. The van der Waals surface area contributed by atoms with E-state index < -0.39 is 28.5 Å². The van der Waals surface area contributed by atoms with E-state index in [9.17, 15) is 18.0 Å². The first-order chi connectivity index (χ1) is 20.1. The Bertz CT molecular complexity index is 1640. The fourth-order valence-corrected chi connectivity index (χ4v) is 6.28. The van der Waals surface area contributed by atoms with Crippen LogP contribution in [-0.4, -0.2) is 44.8 Å². The van der Waals surface area contributed by atoms with E-state index in [1.54, 1.807) is 30.3 Å². The molecule has 0 heterocycles. The molecule has 0 spiro atoms. The van der Waals surface area contributed by atoms with Gasteiger partial charge in [-0.2, -0.15) is 0 Å². The van der Waals surface area contributed by atoms with Gasteiger partial charge in [-0.3, -0.25) is 13.9 Å². The minimum absolute atomic E-state index is 0.0772. The number of hydrogen-bond donors (Lipinski definition) is 1. The van der Waals surface area contributed by atoms with Gasteiger partial charge in [-0.05, 0) is 67.3 Å². The van der Waals surface area contributed by atoms with Crippen molar-refractivity contribution < 1.29 is 18.0 Å². The molecule has 42 heavy (non-hydrogen) atoms. The number of carbonyl (C=O) groups excluding carboxylic acids is 2. The van der Waals surface area contributed by atoms with Gasteiger partial charge in [0.25, 0.3) is 10.0 Å². The van der Waals surface area contributed by atoms with Crippen LogP contribution in [0.2, 0.25) is 0 Å². The van der Waals surface area contributed by atoms with E-state index in [2.05, 4.69) is 5.32 Å². The van der Waals surface area contributed by atoms with Gasteiger partial charge in [0.05, 0.1) is 10.6 Å². The van der Waals surface area contributed by atoms with E-state index in [1.165, 1.54) is 24.1 Å². The van der Waals surface area contributed by atoms with Gasteiger partial charge in [-0.1, -0.05) is 84.4 Å². The Kier molecular flexibility index (Phi) is 9.80. The first-order valence-electron chi connectivity index (χ1n) is 13.9. The summed E-state index contributed by atoms with van der Waals surface area (Å²) in [6.45, 7) is 5.47. The quantitative estimate of drug-likeness (QED) is 0.263. The number of amides is 2. The second-order valence-electron chi connectivity index (χ2n) is 10.4. The molecule has 1 atom stereocenters. The van der Waals surface area contributed by atoms with Crippen molar-refractivity contribution in [2.75, 3.05) is 17.9 Å². The van der Waals surface area contributed by atoms with Gasteiger partial charge < -0.3 is 10.2 Å². The molecule has 0 aromatic heterocycles. The van der Waals surface area contributed by atoms with E-state index in [0.717, 1.165) is 32.1 Å². The third-order valence-electron chi connectivity index (χ3n) is 7.34. The van der Waals surface area contributed by atoms with Crippen LogP contribution in [0.25, 0.3) is 0 Å². The second kappa shape index (κ2) is 13.5. The first-order valence-corrected chi connectivity index (χ1v) is 15.3. The van der Waals surface area contributed by atoms with Crippen molar-refractivity contribution in [2.45, 2.75) is 44.7 Å². The summed E-state index contributed by atoms with van der Waals surface area (Å²) in [5.74, 6) is -0.817. The van der Waals surface area contributed by atoms with Gasteiger partial charge in [0, 0.05) is 20.0 Å². The summed E-state index contributed by atoms with van der Waals surface area (Å²) in [4.78, 5) is 29.2. The molecule has 0 bridgehead atoms. The van der Waals surface area contributed by atoms with Crippen LogP contribution in [0, 0.1) is 20.8 Å². The number of benzene rings is 4. The van der Waals surface area contributed by atoms with Gasteiger partial charge in [0.15, 0.2) is 0 Å². The Morgan fingerprint density at radius 3 is 2.02 bits per heavy atom. The number of sulfonamides is 1. The predicted molar refractivity (Wildman–Crippen MR) is 167 cm³/mol. The van der Waals surface area contributed by atoms with Crippen LogP contribution < -0.4 is 9.62 Å². The number of hydrogen-bond acceptors (Lipinski definition) is 4. The van der Waals surface area contributed by atoms with E-state index in [1.807, 2.05) is 81.4 Å². The molecule has 0 saturated carbocycles. The highest BCUT2D eigenvalue weighted by atomic mass is 32.2. The summed E-state index contributed by atoms with van der Waals surface area (Å²) in [6, 6.07) is 29.7. The minimum Gasteiger partial charge on any atom is -0.357 e. The number of aryl methyl sites for hydroxylation is 3. The number of nitrogens with zero attached hydrogens (tertiary/aromatic N) is 2. The lowest BCUT2D eigenvalue weighted by Gasteiger charge is -2.33. The maximum atomic E-state index is 14.3. The van der Waals surface area contributed by atoms with Crippen molar-refractivity contribution in [3.63, 3.8) is 0 Å². The van der Waals surface area contributed by atoms with Crippen molar-refractivity contribution in [2.24, 2.45) is 0 Å². The van der Waals surface area contributed by atoms with Crippen LogP contribution in [0.4, 0.5) is 5.69 Å². The summed E-state index contributed by atoms with van der Waals surface area (Å²) in [7, 11) is -2.58. The SMILES string of the molecule is CNC(=O)[C@H](Cc1ccccc1)N(Cc1cccc(C)c1)C(=O)CN(c1ccc(C)c(C)c1)S(=O)(=O)c1ccccc1. The lowest BCUT2D eigenvalue weighted by atomic mass is 10.0. The minimum atomic E-state index is -4.12. The fourth-order valence-electron chi connectivity index (χ4n) is 4.86. The first kappa shape index (κ1) is 30.5. The van der Waals surface area contributed by atoms with Gasteiger partial charge in [0.1, 0.15) is 12.6 Å². The van der Waals surface area contributed by atoms with Gasteiger partial charge in [-0.25, -0.2) is 8.42 Å². The molecule has 0 aliphatic heterocycles. The molecule has 7 nitrogen and oxygen atoms in total. The van der Waals surface area contributed by atoms with Crippen molar-refractivity contribution in [3.05, 3.63) is 131 Å². The molecular formula is C34H37N3O4S. The molecule has 4 aromatic carbocycles. The third-order valence-corrected chi connectivity index (χ3v) is 9.13. The topological polar surface area (TPSA) is 86.8 Å². The summed E-state index contributed by atoms with van der Waals surface area (Å²) in [5, 5.41) is 2.71. The van der Waals surface area contributed by atoms with Crippen LogP contribution in [-0.2, 0) is 32.6 Å². The van der Waals surface area contributed by atoms with Crippen molar-refractivity contribution in [3.8, 4) is 0 Å². The van der Waals surface area contributed by atoms with E-state index in [4.69, 9.17) is 0 Å². The predicted octanol–water partition coefficient (Wildman–Crippen LogP) is 5.19. The number of carbonyl (C=O) groups is 2. The normalized spacial score (nSPS) is 11.9. The largest absolute Gasteiger partial charge is 0.357 e. The number of anilines is 1. The van der Waals surface area contributed by atoms with E-state index in [0.29, 0.717) is 5.69 Å². The highest BCUT2D eigenvalue weighted by Gasteiger charge is 2.34. The lowest BCUT2D eigenvalue weighted by Crippen LogP contribution is -2.53. The van der Waals surface area contributed by atoms with Crippen molar-refractivity contribution in [1.29, 1.82) is 0 Å². The van der Waals surface area contributed by atoms with Crippen LogP contribution >= 0.6 is 0 Å². The summed E-state index contributed by atoms with van der Waals surface area (Å²) in [5.41, 5.74) is 5.03. The average molecular weight is 584 g/mol. The molecule has 0 fully saturated rings.